The van der Waals surface area contributed by atoms with Gasteiger partial charge in [-0.15, -0.1) is 11.3 Å². The van der Waals surface area contributed by atoms with Crippen molar-refractivity contribution in [3.63, 3.8) is 0 Å². The van der Waals surface area contributed by atoms with E-state index in [0.717, 1.165) is 10.8 Å². The number of rotatable bonds is 3. The number of hydrogen-bond donors (Lipinski definition) is 0. The van der Waals surface area contributed by atoms with E-state index in [0.29, 0.717) is 5.92 Å². The van der Waals surface area contributed by atoms with Crippen LogP contribution in [0.1, 0.15) is 25.3 Å². The van der Waals surface area contributed by atoms with E-state index >= 15 is 0 Å². The molecule has 84 valence electrons. The predicted octanol–water partition coefficient (Wildman–Crippen LogP) is 3.94. The Balaban J connectivity index is 2.47. The molecule has 0 aliphatic heterocycles. The largest absolute Gasteiger partial charge is 0.496 e. The van der Waals surface area contributed by atoms with Crippen molar-refractivity contribution >= 4 is 11.3 Å². The molecule has 1 heterocycles. The summed E-state index contributed by atoms with van der Waals surface area (Å²) in [5.41, 5.74) is 2.40. The first-order chi connectivity index (χ1) is 7.72. The fourth-order valence-corrected chi connectivity index (χ4v) is 2.32. The summed E-state index contributed by atoms with van der Waals surface area (Å²) >= 11 is 1.66. The van der Waals surface area contributed by atoms with Gasteiger partial charge in [-0.3, -0.25) is 0 Å². The first-order valence-corrected chi connectivity index (χ1v) is 6.18. The summed E-state index contributed by atoms with van der Waals surface area (Å²) in [6, 6.07) is 6.25. The van der Waals surface area contributed by atoms with Gasteiger partial charge in [-0.05, 0) is 29.7 Å². The Kier molecular flexibility index (Phi) is 3.25. The molecule has 0 saturated carbocycles. The Labute approximate surface area is 99.9 Å². The minimum absolute atomic E-state index is 0.454. The zero-order chi connectivity index (χ0) is 11.5. The summed E-state index contributed by atoms with van der Waals surface area (Å²) in [6.45, 7) is 4.34. The fourth-order valence-electron chi connectivity index (χ4n) is 1.68. The van der Waals surface area contributed by atoms with Crippen molar-refractivity contribution in [2.24, 2.45) is 0 Å². The molecule has 0 aliphatic carbocycles. The van der Waals surface area contributed by atoms with E-state index in [-0.39, 0.29) is 0 Å². The summed E-state index contributed by atoms with van der Waals surface area (Å²) < 4.78 is 5.36. The SMILES string of the molecule is COc1ccc(-c2nccs2)cc1C(C)C. The maximum absolute atomic E-state index is 5.36. The third-order valence-corrected chi connectivity index (χ3v) is 3.35. The quantitative estimate of drug-likeness (QED) is 0.801. The number of hydrogen-bond acceptors (Lipinski definition) is 3. The molecule has 1 aromatic carbocycles. The van der Waals surface area contributed by atoms with E-state index in [1.54, 1.807) is 18.4 Å². The molecule has 2 nitrogen and oxygen atoms in total. The lowest BCUT2D eigenvalue weighted by atomic mass is 10.00. The first kappa shape index (κ1) is 11.1. The van der Waals surface area contributed by atoms with Crippen LogP contribution in [0.5, 0.6) is 5.75 Å². The molecular formula is C13H15NOS. The van der Waals surface area contributed by atoms with Crippen LogP contribution in [0, 0.1) is 0 Å². The van der Waals surface area contributed by atoms with Crippen LogP contribution >= 0.6 is 11.3 Å². The molecule has 0 unspecified atom stereocenters. The number of thiazole rings is 1. The normalized spacial score (nSPS) is 10.8. The number of aromatic nitrogens is 1. The molecule has 0 bridgehead atoms. The van der Waals surface area contributed by atoms with Crippen LogP contribution in [0.25, 0.3) is 10.6 Å². The van der Waals surface area contributed by atoms with Gasteiger partial charge in [-0.1, -0.05) is 13.8 Å². The topological polar surface area (TPSA) is 22.1 Å². The molecule has 0 radical (unpaired) electrons. The van der Waals surface area contributed by atoms with Gasteiger partial charge in [-0.2, -0.15) is 0 Å². The van der Waals surface area contributed by atoms with Crippen molar-refractivity contribution < 1.29 is 4.74 Å². The predicted molar refractivity (Wildman–Crippen MR) is 68.2 cm³/mol. The molecule has 0 spiro atoms. The van der Waals surface area contributed by atoms with Crippen molar-refractivity contribution in [3.8, 4) is 16.3 Å². The standard InChI is InChI=1S/C13H15NOS/c1-9(2)11-8-10(4-5-12(11)15-3)13-14-6-7-16-13/h4-9H,1-3H3. The minimum Gasteiger partial charge on any atom is -0.496 e. The van der Waals surface area contributed by atoms with E-state index in [4.69, 9.17) is 4.74 Å². The second kappa shape index (κ2) is 4.66. The average molecular weight is 233 g/mol. The lowest BCUT2D eigenvalue weighted by Gasteiger charge is -2.12. The van der Waals surface area contributed by atoms with Crippen LogP contribution in [-0.2, 0) is 0 Å². The number of nitrogens with zero attached hydrogens (tertiary/aromatic N) is 1. The summed E-state index contributed by atoms with van der Waals surface area (Å²) in [5.74, 6) is 1.41. The van der Waals surface area contributed by atoms with Gasteiger partial charge in [0.2, 0.25) is 0 Å². The van der Waals surface area contributed by atoms with Gasteiger partial charge in [0.15, 0.2) is 0 Å². The summed E-state index contributed by atoms with van der Waals surface area (Å²) in [6.07, 6.45) is 1.83. The first-order valence-electron chi connectivity index (χ1n) is 5.30. The molecule has 0 aliphatic rings. The van der Waals surface area contributed by atoms with Crippen LogP contribution in [0.3, 0.4) is 0 Å². The van der Waals surface area contributed by atoms with Crippen LogP contribution in [0.4, 0.5) is 0 Å². The van der Waals surface area contributed by atoms with Crippen molar-refractivity contribution in [3.05, 3.63) is 35.3 Å². The lowest BCUT2D eigenvalue weighted by molar-refractivity contribution is 0.407. The third kappa shape index (κ3) is 2.09. The van der Waals surface area contributed by atoms with Gasteiger partial charge < -0.3 is 4.74 Å². The van der Waals surface area contributed by atoms with Gasteiger partial charge in [0, 0.05) is 17.1 Å². The second-order valence-corrected chi connectivity index (χ2v) is 4.84. The summed E-state index contributed by atoms with van der Waals surface area (Å²) in [4.78, 5) is 4.32. The number of methoxy groups -OCH3 is 1. The van der Waals surface area contributed by atoms with E-state index in [9.17, 15) is 0 Å². The van der Waals surface area contributed by atoms with Crippen molar-refractivity contribution in [1.29, 1.82) is 0 Å². The highest BCUT2D eigenvalue weighted by atomic mass is 32.1. The molecule has 0 amide bonds. The fraction of sp³-hybridized carbons (Fsp3) is 0.308. The zero-order valence-corrected chi connectivity index (χ0v) is 10.5. The summed E-state index contributed by atoms with van der Waals surface area (Å²) in [7, 11) is 1.71. The van der Waals surface area contributed by atoms with E-state index < -0.39 is 0 Å². The minimum atomic E-state index is 0.454. The van der Waals surface area contributed by atoms with Gasteiger partial charge in [0.1, 0.15) is 10.8 Å². The zero-order valence-electron chi connectivity index (χ0n) is 9.73. The molecule has 0 atom stereocenters. The third-order valence-electron chi connectivity index (χ3n) is 2.53. The maximum atomic E-state index is 5.36. The molecule has 0 saturated heterocycles. The number of ether oxygens (including phenoxy) is 1. The van der Waals surface area contributed by atoms with E-state index in [2.05, 4.69) is 31.0 Å². The van der Waals surface area contributed by atoms with Gasteiger partial charge >= 0.3 is 0 Å². The Morgan fingerprint density at radius 3 is 2.69 bits per heavy atom. The van der Waals surface area contributed by atoms with Crippen LogP contribution < -0.4 is 4.74 Å². The molecule has 0 fully saturated rings. The van der Waals surface area contributed by atoms with Gasteiger partial charge in [0.05, 0.1) is 7.11 Å². The second-order valence-electron chi connectivity index (χ2n) is 3.95. The smallest absolute Gasteiger partial charge is 0.123 e. The van der Waals surface area contributed by atoms with Crippen LogP contribution in [0.2, 0.25) is 0 Å². The van der Waals surface area contributed by atoms with Crippen molar-refractivity contribution in [2.75, 3.05) is 7.11 Å². The van der Waals surface area contributed by atoms with E-state index in [1.807, 2.05) is 17.6 Å². The van der Waals surface area contributed by atoms with Crippen molar-refractivity contribution in [1.82, 2.24) is 4.98 Å². The highest BCUT2D eigenvalue weighted by molar-refractivity contribution is 7.13. The molecule has 16 heavy (non-hydrogen) atoms. The molecule has 3 heteroatoms. The van der Waals surface area contributed by atoms with Crippen LogP contribution in [0.15, 0.2) is 29.8 Å². The van der Waals surface area contributed by atoms with Gasteiger partial charge in [-0.25, -0.2) is 4.98 Å². The molecule has 2 aromatic rings. The Morgan fingerprint density at radius 2 is 2.12 bits per heavy atom. The Morgan fingerprint density at radius 1 is 1.31 bits per heavy atom. The Bertz CT molecular complexity index is 463. The summed E-state index contributed by atoms with van der Waals surface area (Å²) in [5, 5.41) is 3.05. The average Bonchev–Trinajstić information content (AvgIpc) is 2.81. The molecule has 1 aromatic heterocycles. The van der Waals surface area contributed by atoms with Crippen LogP contribution in [-0.4, -0.2) is 12.1 Å². The van der Waals surface area contributed by atoms with Crippen molar-refractivity contribution in [2.45, 2.75) is 19.8 Å². The molecular weight excluding hydrogens is 218 g/mol. The Hall–Kier alpha value is -1.35. The molecule has 0 N–H and O–H groups in total. The maximum Gasteiger partial charge on any atom is 0.123 e. The van der Waals surface area contributed by atoms with Gasteiger partial charge in [0.25, 0.3) is 0 Å². The monoisotopic (exact) mass is 233 g/mol. The van der Waals surface area contributed by atoms with E-state index in [1.165, 1.54) is 11.1 Å². The highest BCUT2D eigenvalue weighted by Gasteiger charge is 2.10. The molecule has 2 rings (SSSR count). The lowest BCUT2D eigenvalue weighted by Crippen LogP contribution is -1.94. The number of benzene rings is 1. The highest BCUT2D eigenvalue weighted by Crippen LogP contribution is 2.31.